The quantitative estimate of drug-likeness (QED) is 0.546. The van der Waals surface area contributed by atoms with Gasteiger partial charge in [0, 0.05) is 37.5 Å². The first-order valence-corrected chi connectivity index (χ1v) is 11.1. The van der Waals surface area contributed by atoms with Crippen LogP contribution in [0, 0.1) is 18.3 Å². The summed E-state index contributed by atoms with van der Waals surface area (Å²) in [6, 6.07) is 11.3. The van der Waals surface area contributed by atoms with Crippen LogP contribution in [0.1, 0.15) is 22.3 Å². The number of aryl methyl sites for hydroxylation is 1. The lowest BCUT2D eigenvalue weighted by Gasteiger charge is -2.21. The van der Waals surface area contributed by atoms with Crippen LogP contribution in [0.4, 0.5) is 10.5 Å². The Morgan fingerprint density at radius 2 is 2.00 bits per heavy atom. The Bertz CT molecular complexity index is 1440. The van der Waals surface area contributed by atoms with Gasteiger partial charge in [-0.2, -0.15) is 5.26 Å². The van der Waals surface area contributed by atoms with E-state index in [4.69, 9.17) is 9.15 Å². The molecule has 1 amide bonds. The van der Waals surface area contributed by atoms with E-state index in [-0.39, 0.29) is 29.0 Å². The first-order chi connectivity index (χ1) is 15.5. The summed E-state index contributed by atoms with van der Waals surface area (Å²) >= 11 is 0. The van der Waals surface area contributed by atoms with Crippen molar-refractivity contribution in [3.05, 3.63) is 73.8 Å². The zero-order chi connectivity index (χ0) is 24.3. The third-order valence-corrected chi connectivity index (χ3v) is 5.81. The summed E-state index contributed by atoms with van der Waals surface area (Å²) in [5.74, 6) is -0.0148. The van der Waals surface area contributed by atoms with Gasteiger partial charge in [0.05, 0.1) is 5.56 Å². The Kier molecular flexibility index (Phi) is 6.71. The van der Waals surface area contributed by atoms with Crippen molar-refractivity contribution in [2.24, 2.45) is 0 Å². The Morgan fingerprint density at radius 1 is 1.27 bits per heavy atom. The van der Waals surface area contributed by atoms with Crippen molar-refractivity contribution in [1.29, 1.82) is 5.26 Å². The lowest BCUT2D eigenvalue weighted by atomic mass is 9.98. The van der Waals surface area contributed by atoms with Crippen LogP contribution >= 0.6 is 0 Å². The predicted octanol–water partition coefficient (Wildman–Crippen LogP) is 3.09. The molecule has 3 aromatic rings. The zero-order valence-corrected chi connectivity index (χ0v) is 19.2. The van der Waals surface area contributed by atoms with Gasteiger partial charge in [0.2, 0.25) is 0 Å². The fourth-order valence-electron chi connectivity index (χ4n) is 3.09. The molecule has 33 heavy (non-hydrogen) atoms. The fraction of sp³-hybridized carbons (Fsp3) is 0.227. The number of carbonyl (C=O) groups excluding carboxylic acids is 1. The van der Waals surface area contributed by atoms with Crippen molar-refractivity contribution >= 4 is 33.0 Å². The van der Waals surface area contributed by atoms with E-state index in [1.807, 2.05) is 6.07 Å². The van der Waals surface area contributed by atoms with E-state index in [1.54, 1.807) is 25.1 Å². The molecule has 11 heteroatoms. The maximum atomic E-state index is 12.7. The molecule has 1 aromatic heterocycles. The molecule has 3 rings (SSSR count). The molecule has 0 aliphatic carbocycles. The summed E-state index contributed by atoms with van der Waals surface area (Å²) < 4.78 is 39.8. The minimum atomic E-state index is -3.81. The number of ether oxygens (including phenoxy) is 1. The van der Waals surface area contributed by atoms with Crippen molar-refractivity contribution in [2.75, 3.05) is 21.1 Å². The minimum absolute atomic E-state index is 0.0148. The number of rotatable bonds is 6. The standard InChI is InChI=1S/C22H21N4O6S/c1-13-17-10-15(12-23)19(32-22(28)26(3)4)11-20(17)31-21(27)18(13)9-14-6-5-7-16(8-14)25-33(29,30)24-2/h5-8,10-11,24H,9H2,1-4H3/q-1. The molecule has 0 spiro atoms. The van der Waals surface area contributed by atoms with Crippen molar-refractivity contribution < 1.29 is 22.4 Å². The highest BCUT2D eigenvalue weighted by atomic mass is 32.2. The molecule has 0 aliphatic rings. The Morgan fingerprint density at radius 3 is 2.64 bits per heavy atom. The molecular weight excluding hydrogens is 448 g/mol. The van der Waals surface area contributed by atoms with Crippen LogP contribution in [0.25, 0.3) is 15.7 Å². The average molecular weight is 469 g/mol. The number of benzene rings is 2. The number of hydrogen-bond donors (Lipinski definition) is 1. The van der Waals surface area contributed by atoms with E-state index >= 15 is 0 Å². The van der Waals surface area contributed by atoms with Gasteiger partial charge in [-0.15, -0.1) is 5.69 Å². The summed E-state index contributed by atoms with van der Waals surface area (Å²) in [4.78, 5) is 25.8. The first-order valence-electron chi connectivity index (χ1n) is 9.69. The molecule has 0 bridgehead atoms. The van der Waals surface area contributed by atoms with Gasteiger partial charge < -0.3 is 18.8 Å². The Hall–Kier alpha value is -3.88. The topological polar surface area (TPSA) is 144 Å². The van der Waals surface area contributed by atoms with Crippen molar-refractivity contribution in [2.45, 2.75) is 13.3 Å². The number of amides is 1. The molecule has 0 atom stereocenters. The van der Waals surface area contributed by atoms with Gasteiger partial charge in [0.15, 0.2) is 16.0 Å². The summed E-state index contributed by atoms with van der Waals surface area (Å²) in [7, 11) is 0.455. The lowest BCUT2D eigenvalue weighted by Crippen LogP contribution is -2.25. The predicted molar refractivity (Wildman–Crippen MR) is 122 cm³/mol. The number of nitrogens with one attached hydrogen (secondary N) is 1. The van der Waals surface area contributed by atoms with Crippen LogP contribution in [0.5, 0.6) is 5.75 Å². The van der Waals surface area contributed by atoms with E-state index in [9.17, 15) is 23.3 Å². The SMILES string of the molecule is CNS(=O)(=O)[N-]c1cccc(Cc2c(C)c3cc(C#N)c(OC(=O)N(C)C)cc3oc2=O)c1. The third kappa shape index (κ3) is 5.31. The highest BCUT2D eigenvalue weighted by Gasteiger charge is 2.18. The largest absolute Gasteiger partial charge is 0.564 e. The maximum Gasteiger partial charge on any atom is 0.414 e. The first kappa shape index (κ1) is 23.8. The van der Waals surface area contributed by atoms with Crippen molar-refractivity contribution in [3.8, 4) is 11.8 Å². The number of carbonyl (C=O) groups is 1. The molecule has 2 aromatic carbocycles. The van der Waals surface area contributed by atoms with Gasteiger partial charge in [-0.25, -0.2) is 22.7 Å². The molecule has 0 saturated heterocycles. The highest BCUT2D eigenvalue weighted by Crippen LogP contribution is 2.30. The molecule has 10 nitrogen and oxygen atoms in total. The van der Waals surface area contributed by atoms with Gasteiger partial charge in [-0.05, 0) is 31.2 Å². The van der Waals surface area contributed by atoms with Crippen LogP contribution in [-0.2, 0) is 16.6 Å². The van der Waals surface area contributed by atoms with Crippen molar-refractivity contribution in [3.63, 3.8) is 0 Å². The van der Waals surface area contributed by atoms with Crippen molar-refractivity contribution in [1.82, 2.24) is 9.62 Å². The van der Waals surface area contributed by atoms with Crippen LogP contribution in [-0.4, -0.2) is 40.6 Å². The molecule has 0 radical (unpaired) electrons. The number of nitrogens with zero attached hydrogens (tertiary/aromatic N) is 3. The maximum absolute atomic E-state index is 12.7. The van der Waals surface area contributed by atoms with E-state index in [2.05, 4.69) is 9.44 Å². The second kappa shape index (κ2) is 9.32. The van der Waals surface area contributed by atoms with Gasteiger partial charge >= 0.3 is 11.7 Å². The smallest absolute Gasteiger partial charge is 0.414 e. The Labute approximate surface area is 190 Å². The summed E-state index contributed by atoms with van der Waals surface area (Å²) in [6.45, 7) is 1.72. The molecule has 0 aliphatic heterocycles. The molecule has 0 unspecified atom stereocenters. The van der Waals surface area contributed by atoms with Gasteiger partial charge in [0.25, 0.3) is 0 Å². The molecule has 0 fully saturated rings. The number of hydrogen-bond acceptors (Lipinski definition) is 7. The summed E-state index contributed by atoms with van der Waals surface area (Å²) in [5, 5.41) is 10.0. The summed E-state index contributed by atoms with van der Waals surface area (Å²) in [6.07, 6.45) is -0.515. The normalized spacial score (nSPS) is 11.1. The van der Waals surface area contributed by atoms with E-state index in [0.717, 1.165) is 0 Å². The fourth-order valence-corrected chi connectivity index (χ4v) is 3.57. The molecule has 0 saturated carbocycles. The molecule has 172 valence electrons. The second-order valence-electron chi connectivity index (χ2n) is 7.33. The monoisotopic (exact) mass is 469 g/mol. The zero-order valence-electron chi connectivity index (χ0n) is 18.4. The van der Waals surface area contributed by atoms with Gasteiger partial charge in [-0.1, -0.05) is 24.3 Å². The van der Waals surface area contributed by atoms with E-state index < -0.39 is 21.9 Å². The molecular formula is C22H21N4O6S-. The lowest BCUT2D eigenvalue weighted by molar-refractivity contribution is 0.172. The number of nitriles is 1. The number of fused-ring (bicyclic) bond motifs is 1. The van der Waals surface area contributed by atoms with Crippen LogP contribution < -0.4 is 15.1 Å². The minimum Gasteiger partial charge on any atom is -0.564 e. The van der Waals surface area contributed by atoms with E-state index in [1.165, 1.54) is 44.2 Å². The van der Waals surface area contributed by atoms with E-state index in [0.29, 0.717) is 22.1 Å². The van der Waals surface area contributed by atoms with Crippen LogP contribution in [0.2, 0.25) is 0 Å². The third-order valence-electron chi connectivity index (χ3n) is 4.85. The van der Waals surface area contributed by atoms with Gasteiger partial charge in [-0.3, -0.25) is 0 Å². The van der Waals surface area contributed by atoms with Gasteiger partial charge in [0.1, 0.15) is 11.7 Å². The highest BCUT2D eigenvalue weighted by molar-refractivity contribution is 7.92. The average Bonchev–Trinajstić information content (AvgIpc) is 2.76. The molecule has 1 N–H and O–H groups in total. The molecule has 1 heterocycles. The Balaban J connectivity index is 2.03. The second-order valence-corrected chi connectivity index (χ2v) is 8.87. The van der Waals surface area contributed by atoms with Crippen LogP contribution in [0.3, 0.4) is 0 Å². The summed E-state index contributed by atoms with van der Waals surface area (Å²) in [5.41, 5.74) is 1.48. The van der Waals surface area contributed by atoms with Crippen LogP contribution in [0.15, 0.2) is 45.6 Å².